The van der Waals surface area contributed by atoms with Gasteiger partial charge >= 0.3 is 0 Å². The minimum absolute atomic E-state index is 0.376. The molecule has 1 rings (SSSR count). The van der Waals surface area contributed by atoms with Crippen LogP contribution in [0.15, 0.2) is 24.3 Å². The number of benzene rings is 1. The van der Waals surface area contributed by atoms with Crippen LogP contribution in [0.4, 0.5) is 5.69 Å². The van der Waals surface area contributed by atoms with Crippen LogP contribution >= 0.6 is 0 Å². The second-order valence-corrected chi connectivity index (χ2v) is 3.32. The molecule has 0 amide bonds. The van der Waals surface area contributed by atoms with E-state index in [4.69, 9.17) is 0 Å². The summed E-state index contributed by atoms with van der Waals surface area (Å²) in [5.74, 6) is 0.556. The third-order valence-corrected chi connectivity index (χ3v) is 1.97. The van der Waals surface area contributed by atoms with Crippen LogP contribution in [0.5, 0.6) is 0 Å². The Bertz CT molecular complexity index is 264. The van der Waals surface area contributed by atoms with E-state index in [0.717, 1.165) is 12.0 Å². The van der Waals surface area contributed by atoms with Crippen molar-refractivity contribution in [2.45, 2.75) is 19.8 Å². The minimum Gasteiger partial charge on any atom is -0.378 e. The van der Waals surface area contributed by atoms with E-state index in [1.165, 1.54) is 5.56 Å². The van der Waals surface area contributed by atoms with Crippen LogP contribution in [0.3, 0.4) is 0 Å². The summed E-state index contributed by atoms with van der Waals surface area (Å²) in [5.41, 5.74) is 2.31. The molecule has 0 atom stereocenters. The molecule has 0 radical (unpaired) electrons. The number of rotatable bonds is 4. The van der Waals surface area contributed by atoms with Crippen LogP contribution < -0.4 is 5.32 Å². The Kier molecular flexibility index (Phi) is 3.50. The molecule has 13 heavy (non-hydrogen) atoms. The number of aldehydes is 1. The first-order valence-corrected chi connectivity index (χ1v) is 4.51. The molecule has 0 aliphatic rings. The normalized spacial score (nSPS) is 10.1. The van der Waals surface area contributed by atoms with Crippen LogP contribution in [0, 0.1) is 0 Å². The maximum atomic E-state index is 10.1. The monoisotopic (exact) mass is 177 g/mol. The number of carbonyl (C=O) groups excluding carboxylic acids is 1. The zero-order chi connectivity index (χ0) is 9.68. The minimum atomic E-state index is 0.376. The Morgan fingerprint density at radius 1 is 1.31 bits per heavy atom. The number of hydrogen-bond acceptors (Lipinski definition) is 2. The molecule has 0 bridgehead atoms. The highest BCUT2D eigenvalue weighted by Crippen LogP contribution is 2.16. The number of hydrogen-bond donors (Lipinski definition) is 1. The lowest BCUT2D eigenvalue weighted by Gasteiger charge is -2.06. The molecule has 70 valence electrons. The molecule has 2 nitrogen and oxygen atoms in total. The maximum absolute atomic E-state index is 10.1. The molecular weight excluding hydrogens is 162 g/mol. The fourth-order valence-electron chi connectivity index (χ4n) is 1.15. The molecule has 0 unspecified atom stereocenters. The van der Waals surface area contributed by atoms with E-state index in [9.17, 15) is 4.79 Å². The predicted octanol–water partition coefficient (Wildman–Crippen LogP) is 2.42. The zero-order valence-corrected chi connectivity index (χ0v) is 8.08. The SMILES string of the molecule is CC(C)c1ccc(NCC=O)cc1. The van der Waals surface area contributed by atoms with Crippen molar-refractivity contribution < 1.29 is 4.79 Å². The molecule has 1 aromatic carbocycles. The van der Waals surface area contributed by atoms with Crippen molar-refractivity contribution in [3.05, 3.63) is 29.8 Å². The Morgan fingerprint density at radius 3 is 2.38 bits per heavy atom. The first kappa shape index (κ1) is 9.78. The lowest BCUT2D eigenvalue weighted by Crippen LogP contribution is -2.01. The van der Waals surface area contributed by atoms with Gasteiger partial charge in [-0.15, -0.1) is 0 Å². The quantitative estimate of drug-likeness (QED) is 0.715. The molecule has 0 fully saturated rings. The summed E-state index contributed by atoms with van der Waals surface area (Å²) in [7, 11) is 0. The Morgan fingerprint density at radius 2 is 1.92 bits per heavy atom. The number of carbonyl (C=O) groups is 1. The molecule has 0 aliphatic heterocycles. The van der Waals surface area contributed by atoms with Crippen LogP contribution in [-0.4, -0.2) is 12.8 Å². The lowest BCUT2D eigenvalue weighted by atomic mass is 10.0. The largest absolute Gasteiger partial charge is 0.378 e. The van der Waals surface area contributed by atoms with E-state index < -0.39 is 0 Å². The molecule has 1 N–H and O–H groups in total. The molecule has 2 heteroatoms. The van der Waals surface area contributed by atoms with Gasteiger partial charge in [-0.25, -0.2) is 0 Å². The highest BCUT2D eigenvalue weighted by atomic mass is 16.1. The van der Waals surface area contributed by atoms with Crippen molar-refractivity contribution in [3.8, 4) is 0 Å². The van der Waals surface area contributed by atoms with Gasteiger partial charge in [0.05, 0.1) is 6.54 Å². The molecule has 0 saturated heterocycles. The van der Waals surface area contributed by atoms with E-state index in [1.807, 2.05) is 12.1 Å². The average Bonchev–Trinajstić information content (AvgIpc) is 2.15. The van der Waals surface area contributed by atoms with Crippen molar-refractivity contribution >= 4 is 12.0 Å². The van der Waals surface area contributed by atoms with Crippen molar-refractivity contribution in [2.24, 2.45) is 0 Å². The highest BCUT2D eigenvalue weighted by Gasteiger charge is 1.97. The number of nitrogens with one attached hydrogen (secondary N) is 1. The second kappa shape index (κ2) is 4.65. The Balaban J connectivity index is 2.64. The van der Waals surface area contributed by atoms with Gasteiger partial charge in [-0.3, -0.25) is 0 Å². The van der Waals surface area contributed by atoms with E-state index in [2.05, 4.69) is 31.3 Å². The standard InChI is InChI=1S/C11H15NO/c1-9(2)10-3-5-11(6-4-10)12-7-8-13/h3-6,8-9,12H,7H2,1-2H3. The Hall–Kier alpha value is -1.31. The smallest absolute Gasteiger partial charge is 0.139 e. The van der Waals surface area contributed by atoms with Gasteiger partial charge in [0.15, 0.2) is 0 Å². The average molecular weight is 177 g/mol. The van der Waals surface area contributed by atoms with Crippen LogP contribution in [0.1, 0.15) is 25.3 Å². The summed E-state index contributed by atoms with van der Waals surface area (Å²) in [6, 6.07) is 8.16. The van der Waals surface area contributed by atoms with Gasteiger partial charge in [-0.05, 0) is 23.6 Å². The zero-order valence-electron chi connectivity index (χ0n) is 8.08. The van der Waals surface area contributed by atoms with Crippen molar-refractivity contribution in [2.75, 3.05) is 11.9 Å². The topological polar surface area (TPSA) is 29.1 Å². The summed E-state index contributed by atoms with van der Waals surface area (Å²) < 4.78 is 0. The molecular formula is C11H15NO. The van der Waals surface area contributed by atoms with Gasteiger partial charge in [0, 0.05) is 5.69 Å². The number of anilines is 1. The van der Waals surface area contributed by atoms with Gasteiger partial charge in [0.2, 0.25) is 0 Å². The summed E-state index contributed by atoms with van der Waals surface area (Å²) in [4.78, 5) is 10.1. The summed E-state index contributed by atoms with van der Waals surface area (Å²) >= 11 is 0. The van der Waals surface area contributed by atoms with Crippen LogP contribution in [-0.2, 0) is 4.79 Å². The van der Waals surface area contributed by atoms with E-state index >= 15 is 0 Å². The fraction of sp³-hybridized carbons (Fsp3) is 0.364. The van der Waals surface area contributed by atoms with Gasteiger partial charge < -0.3 is 10.1 Å². The molecule has 0 saturated carbocycles. The third kappa shape index (κ3) is 2.90. The summed E-state index contributed by atoms with van der Waals surface area (Å²) in [6.45, 7) is 4.70. The van der Waals surface area contributed by atoms with E-state index in [-0.39, 0.29) is 0 Å². The predicted molar refractivity (Wildman–Crippen MR) is 55.1 cm³/mol. The lowest BCUT2D eigenvalue weighted by molar-refractivity contribution is -0.106. The third-order valence-electron chi connectivity index (χ3n) is 1.97. The maximum Gasteiger partial charge on any atom is 0.139 e. The molecule has 0 heterocycles. The van der Waals surface area contributed by atoms with E-state index in [0.29, 0.717) is 12.5 Å². The van der Waals surface area contributed by atoms with Crippen LogP contribution in [0.2, 0.25) is 0 Å². The first-order valence-electron chi connectivity index (χ1n) is 4.51. The molecule has 1 aromatic rings. The fourth-order valence-corrected chi connectivity index (χ4v) is 1.15. The highest BCUT2D eigenvalue weighted by molar-refractivity contribution is 5.59. The first-order chi connectivity index (χ1) is 6.24. The molecule has 0 aromatic heterocycles. The van der Waals surface area contributed by atoms with Crippen LogP contribution in [0.25, 0.3) is 0 Å². The molecule has 0 aliphatic carbocycles. The van der Waals surface area contributed by atoms with Gasteiger partial charge in [-0.2, -0.15) is 0 Å². The van der Waals surface area contributed by atoms with Crippen molar-refractivity contribution in [3.63, 3.8) is 0 Å². The van der Waals surface area contributed by atoms with Gasteiger partial charge in [-0.1, -0.05) is 26.0 Å². The van der Waals surface area contributed by atoms with E-state index in [1.54, 1.807) is 0 Å². The van der Waals surface area contributed by atoms with Gasteiger partial charge in [0.1, 0.15) is 6.29 Å². The van der Waals surface area contributed by atoms with Gasteiger partial charge in [0.25, 0.3) is 0 Å². The van der Waals surface area contributed by atoms with Crippen molar-refractivity contribution in [1.29, 1.82) is 0 Å². The second-order valence-electron chi connectivity index (χ2n) is 3.32. The Labute approximate surface area is 79.0 Å². The summed E-state index contributed by atoms with van der Waals surface area (Å²) in [6.07, 6.45) is 0.857. The van der Waals surface area contributed by atoms with Crippen molar-refractivity contribution in [1.82, 2.24) is 0 Å². The molecule has 0 spiro atoms. The summed E-state index contributed by atoms with van der Waals surface area (Å²) in [5, 5.41) is 2.99.